The maximum absolute atomic E-state index is 11.6. The average Bonchev–Trinajstić information content (AvgIpc) is 2.83. The molecule has 0 radical (unpaired) electrons. The first kappa shape index (κ1) is 16.2. The zero-order chi connectivity index (χ0) is 14.6. The summed E-state index contributed by atoms with van der Waals surface area (Å²) in [5.74, 6) is 1.65. The third kappa shape index (κ3) is 3.51. The lowest BCUT2D eigenvalue weighted by Gasteiger charge is -2.32. The number of hydrogen-bond acceptors (Lipinski definition) is 3. The Morgan fingerprint density at radius 2 is 2.15 bits per heavy atom. The van der Waals surface area contributed by atoms with Crippen LogP contribution >= 0.6 is 11.8 Å². The van der Waals surface area contributed by atoms with Gasteiger partial charge in [0, 0.05) is 5.25 Å². The fraction of sp³-hybridized carbons (Fsp3) is 0.938. The van der Waals surface area contributed by atoms with Gasteiger partial charge in [0.2, 0.25) is 0 Å². The van der Waals surface area contributed by atoms with Crippen LogP contribution in [0.25, 0.3) is 0 Å². The molecule has 0 amide bonds. The molecule has 2 N–H and O–H groups in total. The molecular formula is C16H29NO2S. The lowest BCUT2D eigenvalue weighted by Crippen LogP contribution is -2.53. The zero-order valence-electron chi connectivity index (χ0n) is 12.9. The van der Waals surface area contributed by atoms with Gasteiger partial charge in [0.25, 0.3) is 0 Å². The Balaban J connectivity index is 1.79. The first-order valence-corrected chi connectivity index (χ1v) is 9.17. The molecule has 116 valence electrons. The lowest BCUT2D eigenvalue weighted by molar-refractivity contribution is -0.146. The molecule has 2 fully saturated rings. The molecule has 4 heteroatoms. The molecule has 2 rings (SSSR count). The van der Waals surface area contributed by atoms with Gasteiger partial charge in [0.05, 0.1) is 0 Å². The highest BCUT2D eigenvalue weighted by Gasteiger charge is 2.47. The molecule has 0 aromatic heterocycles. The monoisotopic (exact) mass is 299 g/mol. The summed E-state index contributed by atoms with van der Waals surface area (Å²) in [6.45, 7) is 2.36. The Hall–Kier alpha value is -0.220. The third-order valence-electron chi connectivity index (χ3n) is 5.36. The molecule has 4 atom stereocenters. The van der Waals surface area contributed by atoms with Crippen LogP contribution in [0, 0.1) is 11.8 Å². The van der Waals surface area contributed by atoms with E-state index in [0.29, 0.717) is 5.92 Å². The molecule has 3 nitrogen and oxygen atoms in total. The van der Waals surface area contributed by atoms with Gasteiger partial charge in [-0.25, -0.2) is 0 Å². The quantitative estimate of drug-likeness (QED) is 0.788. The summed E-state index contributed by atoms with van der Waals surface area (Å²) in [5.41, 5.74) is -0.652. The van der Waals surface area contributed by atoms with Gasteiger partial charge in [-0.2, -0.15) is 11.8 Å². The molecule has 0 aromatic carbocycles. The van der Waals surface area contributed by atoms with Crippen molar-refractivity contribution in [1.29, 1.82) is 0 Å². The number of likely N-dealkylation sites (N-methyl/N-ethyl adjacent to an activating group) is 1. The predicted molar refractivity (Wildman–Crippen MR) is 85.3 cm³/mol. The van der Waals surface area contributed by atoms with Crippen LogP contribution in [0.5, 0.6) is 0 Å². The Morgan fingerprint density at radius 1 is 1.35 bits per heavy atom. The summed E-state index contributed by atoms with van der Waals surface area (Å²) in [7, 11) is 1.81. The standard InChI is InChI=1S/C16H29NO2S/c1-12-5-3-7-14(11-12)20-10-8-13-6-4-9-16(13,17-2)15(18)19/h12-14,17H,3-11H2,1-2H3,(H,18,19). The summed E-state index contributed by atoms with van der Waals surface area (Å²) in [6, 6.07) is 0. The number of nitrogens with one attached hydrogen (secondary N) is 1. The molecule has 0 spiro atoms. The van der Waals surface area contributed by atoms with Gasteiger partial charge >= 0.3 is 5.97 Å². The van der Waals surface area contributed by atoms with E-state index in [4.69, 9.17) is 0 Å². The Bertz CT molecular complexity index is 336. The van der Waals surface area contributed by atoms with Gasteiger partial charge in [-0.3, -0.25) is 4.79 Å². The maximum atomic E-state index is 11.6. The molecular weight excluding hydrogens is 270 g/mol. The van der Waals surface area contributed by atoms with E-state index in [9.17, 15) is 9.90 Å². The third-order valence-corrected chi connectivity index (χ3v) is 6.73. The second kappa shape index (κ2) is 7.17. The number of carboxylic acids is 1. The van der Waals surface area contributed by atoms with Crippen molar-refractivity contribution >= 4 is 17.7 Å². The van der Waals surface area contributed by atoms with E-state index in [-0.39, 0.29) is 0 Å². The minimum atomic E-state index is -0.654. The second-order valence-corrected chi connectivity index (χ2v) is 8.08. The molecule has 2 saturated carbocycles. The van der Waals surface area contributed by atoms with Crippen molar-refractivity contribution in [3.63, 3.8) is 0 Å². The molecule has 20 heavy (non-hydrogen) atoms. The van der Waals surface area contributed by atoms with E-state index in [1.165, 1.54) is 25.7 Å². The highest BCUT2D eigenvalue weighted by molar-refractivity contribution is 7.99. The second-order valence-electron chi connectivity index (χ2n) is 6.67. The van der Waals surface area contributed by atoms with Crippen LogP contribution in [0.2, 0.25) is 0 Å². The van der Waals surface area contributed by atoms with Crippen molar-refractivity contribution in [2.24, 2.45) is 11.8 Å². The minimum absolute atomic E-state index is 0.304. The number of thioether (sulfide) groups is 1. The van der Waals surface area contributed by atoms with Gasteiger partial charge in [-0.15, -0.1) is 0 Å². The van der Waals surface area contributed by atoms with Crippen LogP contribution < -0.4 is 5.32 Å². The molecule has 0 aromatic rings. The van der Waals surface area contributed by atoms with Crippen LogP contribution in [0.1, 0.15) is 58.3 Å². The van der Waals surface area contributed by atoms with Crippen LogP contribution in [0.15, 0.2) is 0 Å². The number of aliphatic carboxylic acids is 1. The normalized spacial score (nSPS) is 38.0. The number of hydrogen-bond donors (Lipinski definition) is 2. The van der Waals surface area contributed by atoms with E-state index in [0.717, 1.165) is 42.6 Å². The van der Waals surface area contributed by atoms with Gasteiger partial charge < -0.3 is 10.4 Å². The molecule has 2 aliphatic carbocycles. The highest BCUT2D eigenvalue weighted by atomic mass is 32.2. The first-order valence-electron chi connectivity index (χ1n) is 8.12. The number of carboxylic acid groups (broad SMARTS) is 1. The molecule has 2 aliphatic rings. The Morgan fingerprint density at radius 3 is 2.80 bits per heavy atom. The van der Waals surface area contributed by atoms with Crippen LogP contribution in [0.3, 0.4) is 0 Å². The van der Waals surface area contributed by atoms with Crippen molar-refractivity contribution in [2.75, 3.05) is 12.8 Å². The lowest BCUT2D eigenvalue weighted by atomic mass is 9.85. The summed E-state index contributed by atoms with van der Waals surface area (Å²) in [4.78, 5) is 11.6. The fourth-order valence-electron chi connectivity index (χ4n) is 4.09. The summed E-state index contributed by atoms with van der Waals surface area (Å²) in [5, 5.41) is 13.5. The van der Waals surface area contributed by atoms with Crippen molar-refractivity contribution in [2.45, 2.75) is 69.1 Å². The molecule has 0 aliphatic heterocycles. The van der Waals surface area contributed by atoms with Crippen LogP contribution in [-0.2, 0) is 4.79 Å². The summed E-state index contributed by atoms with van der Waals surface area (Å²) < 4.78 is 0. The topological polar surface area (TPSA) is 49.3 Å². The van der Waals surface area contributed by atoms with Crippen LogP contribution in [0.4, 0.5) is 0 Å². The van der Waals surface area contributed by atoms with Crippen LogP contribution in [-0.4, -0.2) is 34.7 Å². The molecule has 0 heterocycles. The van der Waals surface area contributed by atoms with E-state index >= 15 is 0 Å². The molecule has 0 saturated heterocycles. The SMILES string of the molecule is CNC1(C(=O)O)CCCC1CCSC1CCCC(C)C1. The Labute approximate surface area is 127 Å². The van der Waals surface area contributed by atoms with Gasteiger partial charge in [-0.05, 0) is 56.7 Å². The van der Waals surface area contributed by atoms with E-state index < -0.39 is 11.5 Å². The van der Waals surface area contributed by atoms with E-state index in [1.807, 2.05) is 7.05 Å². The number of rotatable bonds is 6. The van der Waals surface area contributed by atoms with Gasteiger partial charge in [0.1, 0.15) is 5.54 Å². The maximum Gasteiger partial charge on any atom is 0.324 e. The predicted octanol–water partition coefficient (Wildman–Crippen LogP) is 3.53. The smallest absolute Gasteiger partial charge is 0.324 e. The first-order chi connectivity index (χ1) is 9.58. The van der Waals surface area contributed by atoms with Gasteiger partial charge in [-0.1, -0.05) is 26.2 Å². The summed E-state index contributed by atoms with van der Waals surface area (Å²) in [6.07, 6.45) is 9.41. The van der Waals surface area contributed by atoms with E-state index in [2.05, 4.69) is 24.0 Å². The number of carbonyl (C=O) groups is 1. The zero-order valence-corrected chi connectivity index (χ0v) is 13.7. The van der Waals surface area contributed by atoms with E-state index in [1.54, 1.807) is 0 Å². The Kier molecular flexibility index (Phi) is 5.79. The largest absolute Gasteiger partial charge is 0.480 e. The molecule has 4 unspecified atom stereocenters. The van der Waals surface area contributed by atoms with Crippen molar-refractivity contribution in [1.82, 2.24) is 5.32 Å². The van der Waals surface area contributed by atoms with Crippen molar-refractivity contribution < 1.29 is 9.90 Å². The van der Waals surface area contributed by atoms with Crippen molar-refractivity contribution in [3.8, 4) is 0 Å². The fourth-order valence-corrected chi connectivity index (χ4v) is 5.64. The molecule has 0 bridgehead atoms. The minimum Gasteiger partial charge on any atom is -0.480 e. The average molecular weight is 299 g/mol. The summed E-state index contributed by atoms with van der Waals surface area (Å²) >= 11 is 2.09. The van der Waals surface area contributed by atoms with Gasteiger partial charge in [0.15, 0.2) is 0 Å². The van der Waals surface area contributed by atoms with Crippen molar-refractivity contribution in [3.05, 3.63) is 0 Å². The highest BCUT2D eigenvalue weighted by Crippen LogP contribution is 2.40.